The highest BCUT2D eigenvalue weighted by atomic mass is 16.9. The van der Waals surface area contributed by atoms with Gasteiger partial charge in [-0.1, -0.05) is 0 Å². The molecule has 1 amide bonds. The molecule has 0 fully saturated rings. The van der Waals surface area contributed by atoms with Crippen LogP contribution in [0.4, 0.5) is 0 Å². The summed E-state index contributed by atoms with van der Waals surface area (Å²) >= 11 is 0. The standard InChI is InChI=1S/C6H10N2O5/c1-5(9)6(10)7-3-2-4-13-8(11)12/h2-4H2,1H3,(H,7,10). The van der Waals surface area contributed by atoms with Crippen LogP contribution in [0.3, 0.4) is 0 Å². The van der Waals surface area contributed by atoms with Gasteiger partial charge in [-0.3, -0.25) is 9.59 Å². The lowest BCUT2D eigenvalue weighted by molar-refractivity contribution is -0.757. The minimum Gasteiger partial charge on any atom is -0.349 e. The third kappa shape index (κ3) is 6.73. The second-order valence-corrected chi connectivity index (χ2v) is 2.22. The first kappa shape index (κ1) is 11.3. The van der Waals surface area contributed by atoms with Crippen LogP contribution in [0.15, 0.2) is 0 Å². The van der Waals surface area contributed by atoms with Crippen LogP contribution in [0.25, 0.3) is 0 Å². The van der Waals surface area contributed by atoms with Crippen molar-refractivity contribution in [2.75, 3.05) is 13.2 Å². The Hall–Kier alpha value is -1.66. The Labute approximate surface area is 74.2 Å². The molecular weight excluding hydrogens is 180 g/mol. The number of rotatable bonds is 6. The number of hydrogen-bond donors (Lipinski definition) is 1. The van der Waals surface area contributed by atoms with Gasteiger partial charge in [-0.25, -0.2) is 0 Å². The number of ketones is 1. The van der Waals surface area contributed by atoms with Crippen molar-refractivity contribution in [1.29, 1.82) is 0 Å². The largest absolute Gasteiger partial charge is 0.349 e. The zero-order valence-electron chi connectivity index (χ0n) is 7.11. The molecule has 0 atom stereocenters. The van der Waals surface area contributed by atoms with Gasteiger partial charge in [0.1, 0.15) is 0 Å². The Morgan fingerprint density at radius 3 is 2.62 bits per heavy atom. The first-order valence-electron chi connectivity index (χ1n) is 3.60. The monoisotopic (exact) mass is 190 g/mol. The summed E-state index contributed by atoms with van der Waals surface area (Å²) < 4.78 is 0. The molecule has 0 aliphatic carbocycles. The Balaban J connectivity index is 3.31. The molecule has 7 nitrogen and oxygen atoms in total. The first-order chi connectivity index (χ1) is 6.04. The van der Waals surface area contributed by atoms with Crippen molar-refractivity contribution in [3.05, 3.63) is 10.1 Å². The molecule has 0 aliphatic heterocycles. The fourth-order valence-corrected chi connectivity index (χ4v) is 0.538. The van der Waals surface area contributed by atoms with E-state index in [9.17, 15) is 19.7 Å². The summed E-state index contributed by atoms with van der Waals surface area (Å²) in [5.74, 6) is -1.28. The van der Waals surface area contributed by atoms with Gasteiger partial charge < -0.3 is 10.2 Å². The van der Waals surface area contributed by atoms with E-state index in [-0.39, 0.29) is 13.2 Å². The molecule has 0 bridgehead atoms. The molecule has 0 aromatic rings. The van der Waals surface area contributed by atoms with Gasteiger partial charge in [0.2, 0.25) is 5.78 Å². The van der Waals surface area contributed by atoms with Gasteiger partial charge in [-0.05, 0) is 6.42 Å². The number of nitrogens with zero attached hydrogens (tertiary/aromatic N) is 1. The van der Waals surface area contributed by atoms with E-state index in [1.54, 1.807) is 0 Å². The van der Waals surface area contributed by atoms with Gasteiger partial charge in [0.05, 0.1) is 6.61 Å². The van der Waals surface area contributed by atoms with E-state index in [2.05, 4.69) is 10.2 Å². The molecule has 7 heteroatoms. The lowest BCUT2D eigenvalue weighted by Crippen LogP contribution is -2.30. The lowest BCUT2D eigenvalue weighted by atomic mass is 10.4. The minimum atomic E-state index is -0.910. The average Bonchev–Trinajstić information content (AvgIpc) is 2.02. The molecular formula is C6H10N2O5. The zero-order valence-corrected chi connectivity index (χ0v) is 7.11. The summed E-state index contributed by atoms with van der Waals surface area (Å²) in [5.41, 5.74) is 0. The van der Waals surface area contributed by atoms with Crippen molar-refractivity contribution in [1.82, 2.24) is 5.32 Å². The van der Waals surface area contributed by atoms with Crippen molar-refractivity contribution < 1.29 is 19.5 Å². The van der Waals surface area contributed by atoms with Crippen molar-refractivity contribution in [2.45, 2.75) is 13.3 Å². The van der Waals surface area contributed by atoms with Crippen LogP contribution >= 0.6 is 0 Å². The van der Waals surface area contributed by atoms with E-state index in [1.165, 1.54) is 0 Å². The predicted molar refractivity (Wildman–Crippen MR) is 41.3 cm³/mol. The summed E-state index contributed by atoms with van der Waals surface area (Å²) in [6, 6.07) is 0. The second-order valence-electron chi connectivity index (χ2n) is 2.22. The second kappa shape index (κ2) is 5.92. The van der Waals surface area contributed by atoms with Crippen LogP contribution < -0.4 is 5.32 Å². The van der Waals surface area contributed by atoms with E-state index in [1.807, 2.05) is 0 Å². The lowest BCUT2D eigenvalue weighted by Gasteiger charge is -2.00. The van der Waals surface area contributed by atoms with Gasteiger partial charge in [-0.2, -0.15) is 0 Å². The molecule has 0 aromatic heterocycles. The zero-order chi connectivity index (χ0) is 10.3. The van der Waals surface area contributed by atoms with Gasteiger partial charge in [0.25, 0.3) is 11.0 Å². The van der Waals surface area contributed by atoms with E-state index >= 15 is 0 Å². The van der Waals surface area contributed by atoms with Crippen LogP contribution in [-0.2, 0) is 14.4 Å². The molecule has 0 aliphatic rings. The Bertz CT molecular complexity index is 215. The van der Waals surface area contributed by atoms with E-state index in [4.69, 9.17) is 0 Å². The maximum atomic E-state index is 10.6. The van der Waals surface area contributed by atoms with Crippen molar-refractivity contribution in [3.8, 4) is 0 Å². The Morgan fingerprint density at radius 1 is 1.54 bits per heavy atom. The minimum absolute atomic E-state index is 0.0921. The fourth-order valence-electron chi connectivity index (χ4n) is 0.538. The Kier molecular flexibility index (Phi) is 5.17. The molecule has 0 spiro atoms. The summed E-state index contributed by atoms with van der Waals surface area (Å²) in [4.78, 5) is 34.6. The third-order valence-corrected chi connectivity index (χ3v) is 1.12. The number of hydrogen-bond acceptors (Lipinski definition) is 5. The number of carbonyl (C=O) groups excluding carboxylic acids is 2. The maximum Gasteiger partial charge on any atom is 0.294 e. The molecule has 0 rings (SSSR count). The highest BCUT2D eigenvalue weighted by Crippen LogP contribution is 1.81. The van der Waals surface area contributed by atoms with E-state index in [0.29, 0.717) is 6.42 Å². The average molecular weight is 190 g/mol. The fraction of sp³-hybridized carbons (Fsp3) is 0.667. The molecule has 13 heavy (non-hydrogen) atoms. The van der Waals surface area contributed by atoms with Gasteiger partial charge in [-0.15, -0.1) is 10.1 Å². The van der Waals surface area contributed by atoms with Crippen molar-refractivity contribution in [2.24, 2.45) is 0 Å². The van der Waals surface area contributed by atoms with Crippen LogP contribution in [0.5, 0.6) is 0 Å². The SMILES string of the molecule is CC(=O)C(=O)NCCCO[N+](=O)[O-]. The van der Waals surface area contributed by atoms with Gasteiger partial charge >= 0.3 is 0 Å². The van der Waals surface area contributed by atoms with Crippen LogP contribution in [0.2, 0.25) is 0 Å². The molecule has 0 saturated heterocycles. The molecule has 0 radical (unpaired) electrons. The van der Waals surface area contributed by atoms with Crippen molar-refractivity contribution >= 4 is 11.7 Å². The molecule has 0 saturated carbocycles. The smallest absolute Gasteiger partial charge is 0.294 e. The van der Waals surface area contributed by atoms with E-state index in [0.717, 1.165) is 6.92 Å². The van der Waals surface area contributed by atoms with E-state index < -0.39 is 16.8 Å². The maximum absolute atomic E-state index is 10.6. The molecule has 74 valence electrons. The Morgan fingerprint density at radius 2 is 2.15 bits per heavy atom. The number of nitrogens with one attached hydrogen (secondary N) is 1. The number of amides is 1. The van der Waals surface area contributed by atoms with Crippen LogP contribution in [-0.4, -0.2) is 29.9 Å². The number of carbonyl (C=O) groups is 2. The quantitative estimate of drug-likeness (QED) is 0.258. The van der Waals surface area contributed by atoms with Gasteiger partial charge in [0.15, 0.2) is 0 Å². The molecule has 0 unspecified atom stereocenters. The third-order valence-electron chi connectivity index (χ3n) is 1.12. The predicted octanol–water partition coefficient (Wildman–Crippen LogP) is -0.710. The highest BCUT2D eigenvalue weighted by molar-refractivity contribution is 6.35. The summed E-state index contributed by atoms with van der Waals surface area (Å²) in [6.45, 7) is 1.24. The summed E-state index contributed by atoms with van der Waals surface area (Å²) in [7, 11) is 0. The number of Topliss-reactive ketones (excluding diaryl/α,β-unsaturated/α-hetero) is 1. The van der Waals surface area contributed by atoms with Gasteiger partial charge in [0, 0.05) is 13.5 Å². The summed E-state index contributed by atoms with van der Waals surface area (Å²) in [5, 5.41) is 11.0. The first-order valence-corrected chi connectivity index (χ1v) is 3.60. The highest BCUT2D eigenvalue weighted by Gasteiger charge is 2.05. The van der Waals surface area contributed by atoms with Crippen LogP contribution in [0.1, 0.15) is 13.3 Å². The normalized spacial score (nSPS) is 9.00. The van der Waals surface area contributed by atoms with Crippen molar-refractivity contribution in [3.63, 3.8) is 0 Å². The topological polar surface area (TPSA) is 98.5 Å². The molecule has 1 N–H and O–H groups in total. The molecule has 0 heterocycles. The van der Waals surface area contributed by atoms with Crippen LogP contribution in [0, 0.1) is 10.1 Å². The summed E-state index contributed by atoms with van der Waals surface area (Å²) in [6.07, 6.45) is 0.292. The molecule has 0 aromatic carbocycles.